The molecule has 0 saturated heterocycles. The van der Waals surface area contributed by atoms with E-state index in [0.29, 0.717) is 5.56 Å². The molecule has 0 aliphatic carbocycles. The maximum atomic E-state index is 11.6. The molecule has 0 unspecified atom stereocenters. The van der Waals surface area contributed by atoms with E-state index >= 15 is 0 Å². The highest BCUT2D eigenvalue weighted by molar-refractivity contribution is 7.10. The lowest BCUT2D eigenvalue weighted by molar-refractivity contribution is -0.0741. The lowest BCUT2D eigenvalue weighted by Crippen LogP contribution is -2.24. The molecule has 4 heteroatoms. The lowest BCUT2D eigenvalue weighted by Gasteiger charge is -2.10. The van der Waals surface area contributed by atoms with Gasteiger partial charge in [0.15, 0.2) is 0 Å². The Balaban J connectivity index is 2.78. The second-order valence-electron chi connectivity index (χ2n) is 2.61. The molecule has 1 aromatic rings. The van der Waals surface area contributed by atoms with Crippen molar-refractivity contribution in [3.05, 3.63) is 21.9 Å². The molecule has 0 bridgehead atoms. The van der Waals surface area contributed by atoms with Crippen molar-refractivity contribution in [2.45, 2.75) is 13.2 Å². The van der Waals surface area contributed by atoms with Gasteiger partial charge in [-0.2, -0.15) is 0 Å². The third kappa shape index (κ3) is 2.37. The van der Waals surface area contributed by atoms with Gasteiger partial charge < -0.3 is 9.47 Å². The van der Waals surface area contributed by atoms with Crippen LogP contribution in [0.15, 0.2) is 11.4 Å². The van der Waals surface area contributed by atoms with Crippen LogP contribution in [-0.2, 0) is 9.47 Å². The van der Waals surface area contributed by atoms with Crippen molar-refractivity contribution in [1.82, 2.24) is 0 Å². The summed E-state index contributed by atoms with van der Waals surface area (Å²) in [6.45, 7) is 1.95. The lowest BCUT2D eigenvalue weighted by atomic mass is 10.2. The number of carbonyl (C=O) groups is 1. The van der Waals surface area contributed by atoms with Crippen molar-refractivity contribution < 1.29 is 14.3 Å². The summed E-state index contributed by atoms with van der Waals surface area (Å²) in [6, 6.07) is 1.83. The molecule has 0 spiro atoms. The van der Waals surface area contributed by atoms with Crippen molar-refractivity contribution in [2.24, 2.45) is 0 Å². The Kier molecular flexibility index (Phi) is 3.59. The average Bonchev–Trinajstić information content (AvgIpc) is 2.54. The SMILES string of the molecule is COC(OC)C(=O)c1csc(C)c1. The van der Waals surface area contributed by atoms with Gasteiger partial charge in [-0.25, -0.2) is 0 Å². The van der Waals surface area contributed by atoms with Gasteiger partial charge in [0.1, 0.15) is 0 Å². The molecule has 0 aliphatic heterocycles. The van der Waals surface area contributed by atoms with Crippen LogP contribution >= 0.6 is 11.3 Å². The Bertz CT molecular complexity index is 289. The number of ether oxygens (including phenoxy) is 2. The van der Waals surface area contributed by atoms with Gasteiger partial charge >= 0.3 is 0 Å². The highest BCUT2D eigenvalue weighted by atomic mass is 32.1. The van der Waals surface area contributed by atoms with E-state index in [1.54, 1.807) is 0 Å². The van der Waals surface area contributed by atoms with E-state index in [9.17, 15) is 4.79 Å². The fraction of sp³-hybridized carbons (Fsp3) is 0.444. The first-order valence-corrected chi connectivity index (χ1v) is 4.72. The van der Waals surface area contributed by atoms with Crippen LogP contribution in [-0.4, -0.2) is 26.3 Å². The number of Topliss-reactive ketones (excluding diaryl/α,β-unsaturated/α-hetero) is 1. The number of ketones is 1. The van der Waals surface area contributed by atoms with Gasteiger partial charge in [0.05, 0.1) is 0 Å². The largest absolute Gasteiger partial charge is 0.349 e. The number of hydrogen-bond acceptors (Lipinski definition) is 4. The quantitative estimate of drug-likeness (QED) is 0.549. The Morgan fingerprint density at radius 3 is 2.46 bits per heavy atom. The molecule has 1 heterocycles. The summed E-state index contributed by atoms with van der Waals surface area (Å²) in [5.41, 5.74) is 0.649. The van der Waals surface area contributed by atoms with E-state index in [2.05, 4.69) is 0 Å². The summed E-state index contributed by atoms with van der Waals surface area (Å²) >= 11 is 1.54. The first-order valence-electron chi connectivity index (χ1n) is 3.84. The molecular formula is C9H12O3S. The third-order valence-electron chi connectivity index (χ3n) is 1.66. The van der Waals surface area contributed by atoms with Gasteiger partial charge in [0, 0.05) is 30.0 Å². The number of aryl methyl sites for hydroxylation is 1. The van der Waals surface area contributed by atoms with Gasteiger partial charge in [-0.3, -0.25) is 4.79 Å². The minimum absolute atomic E-state index is 0.130. The topological polar surface area (TPSA) is 35.5 Å². The molecule has 0 saturated carbocycles. The average molecular weight is 200 g/mol. The number of hydrogen-bond donors (Lipinski definition) is 0. The summed E-state index contributed by atoms with van der Waals surface area (Å²) in [5.74, 6) is -0.130. The fourth-order valence-corrected chi connectivity index (χ4v) is 1.71. The molecule has 0 fully saturated rings. The van der Waals surface area contributed by atoms with Crippen LogP contribution in [0.5, 0.6) is 0 Å². The zero-order valence-corrected chi connectivity index (χ0v) is 8.68. The second-order valence-corrected chi connectivity index (χ2v) is 3.73. The van der Waals surface area contributed by atoms with Gasteiger partial charge in [-0.05, 0) is 13.0 Å². The Labute approximate surface area is 81.3 Å². The molecule has 0 aliphatic rings. The zero-order valence-electron chi connectivity index (χ0n) is 7.87. The summed E-state index contributed by atoms with van der Waals surface area (Å²) < 4.78 is 9.72. The maximum absolute atomic E-state index is 11.6. The number of methoxy groups -OCH3 is 2. The third-order valence-corrected chi connectivity index (χ3v) is 2.52. The molecule has 0 amide bonds. The van der Waals surface area contributed by atoms with Crippen molar-refractivity contribution in [3.63, 3.8) is 0 Å². The summed E-state index contributed by atoms with van der Waals surface area (Å²) in [7, 11) is 2.90. The van der Waals surface area contributed by atoms with E-state index < -0.39 is 6.29 Å². The van der Waals surface area contributed by atoms with Crippen molar-refractivity contribution >= 4 is 17.1 Å². The van der Waals surface area contributed by atoms with E-state index in [-0.39, 0.29) is 5.78 Å². The monoisotopic (exact) mass is 200 g/mol. The summed E-state index contributed by atoms with van der Waals surface area (Å²) in [5, 5.41) is 1.81. The van der Waals surface area contributed by atoms with Crippen LogP contribution in [0.4, 0.5) is 0 Å². The molecule has 0 atom stereocenters. The van der Waals surface area contributed by atoms with E-state index in [0.717, 1.165) is 4.88 Å². The Morgan fingerprint density at radius 1 is 1.46 bits per heavy atom. The summed E-state index contributed by atoms with van der Waals surface area (Å²) in [4.78, 5) is 12.7. The minimum Gasteiger partial charge on any atom is -0.349 e. The first-order chi connectivity index (χ1) is 6.19. The van der Waals surface area contributed by atoms with Crippen LogP contribution in [0.2, 0.25) is 0 Å². The molecule has 3 nitrogen and oxygen atoms in total. The van der Waals surface area contributed by atoms with Gasteiger partial charge in [-0.15, -0.1) is 11.3 Å². The number of carbonyl (C=O) groups excluding carboxylic acids is 1. The zero-order chi connectivity index (χ0) is 9.84. The molecule has 0 radical (unpaired) electrons. The number of thiophene rings is 1. The van der Waals surface area contributed by atoms with Gasteiger partial charge in [0.25, 0.3) is 0 Å². The fourth-order valence-electron chi connectivity index (χ4n) is 1.02. The predicted molar refractivity (Wildman–Crippen MR) is 51.2 cm³/mol. The predicted octanol–water partition coefficient (Wildman–Crippen LogP) is 1.86. The Hall–Kier alpha value is -0.710. The molecule has 1 rings (SSSR count). The van der Waals surface area contributed by atoms with Gasteiger partial charge in [-0.1, -0.05) is 0 Å². The van der Waals surface area contributed by atoms with Crippen molar-refractivity contribution in [1.29, 1.82) is 0 Å². The van der Waals surface area contributed by atoms with Gasteiger partial charge in [0.2, 0.25) is 12.1 Å². The van der Waals surface area contributed by atoms with Crippen molar-refractivity contribution in [3.8, 4) is 0 Å². The molecule has 0 N–H and O–H groups in total. The molecular weight excluding hydrogens is 188 g/mol. The highest BCUT2D eigenvalue weighted by Crippen LogP contribution is 2.15. The second kappa shape index (κ2) is 4.50. The summed E-state index contributed by atoms with van der Waals surface area (Å²) in [6.07, 6.45) is -0.783. The smallest absolute Gasteiger partial charge is 0.222 e. The van der Waals surface area contributed by atoms with Crippen LogP contribution in [0.3, 0.4) is 0 Å². The molecule has 72 valence electrons. The standard InChI is InChI=1S/C9H12O3S/c1-6-4-7(5-13-6)8(10)9(11-2)12-3/h4-5,9H,1-3H3. The molecule has 13 heavy (non-hydrogen) atoms. The maximum Gasteiger partial charge on any atom is 0.222 e. The van der Waals surface area contributed by atoms with Crippen LogP contribution in [0, 0.1) is 6.92 Å². The van der Waals surface area contributed by atoms with Crippen LogP contribution in [0.25, 0.3) is 0 Å². The van der Waals surface area contributed by atoms with E-state index in [1.165, 1.54) is 25.6 Å². The van der Waals surface area contributed by atoms with E-state index in [4.69, 9.17) is 9.47 Å². The van der Waals surface area contributed by atoms with Crippen LogP contribution < -0.4 is 0 Å². The first kappa shape index (κ1) is 10.4. The molecule has 1 aromatic heterocycles. The Morgan fingerprint density at radius 2 is 2.08 bits per heavy atom. The normalized spacial score (nSPS) is 10.8. The number of rotatable bonds is 4. The minimum atomic E-state index is -0.783. The highest BCUT2D eigenvalue weighted by Gasteiger charge is 2.19. The van der Waals surface area contributed by atoms with Crippen LogP contribution in [0.1, 0.15) is 15.2 Å². The van der Waals surface area contributed by atoms with Crippen molar-refractivity contribution in [2.75, 3.05) is 14.2 Å². The molecule has 0 aromatic carbocycles. The van der Waals surface area contributed by atoms with E-state index in [1.807, 2.05) is 18.4 Å².